The monoisotopic (exact) mass is 253 g/mol. The number of rotatable bonds is 5. The third-order valence-corrected chi connectivity index (χ3v) is 3.05. The van der Waals surface area contributed by atoms with E-state index in [1.807, 2.05) is 0 Å². The van der Waals surface area contributed by atoms with E-state index >= 15 is 0 Å². The standard InChI is InChI=1S/C13H19NO4/c1-3-8-14-12(15)9-18-11-6-4-10(5-7-11)13(16)17-2/h1,10-11H,4-9H2,2H3,(H,14,15). The van der Waals surface area contributed by atoms with E-state index in [1.165, 1.54) is 7.11 Å². The molecule has 0 bridgehead atoms. The first-order valence-electron chi connectivity index (χ1n) is 6.07. The molecule has 0 unspecified atom stereocenters. The lowest BCUT2D eigenvalue weighted by Gasteiger charge is -2.26. The van der Waals surface area contributed by atoms with Gasteiger partial charge in [0, 0.05) is 0 Å². The summed E-state index contributed by atoms with van der Waals surface area (Å²) in [5.74, 6) is 1.94. The Morgan fingerprint density at radius 3 is 2.56 bits per heavy atom. The van der Waals surface area contributed by atoms with Crippen molar-refractivity contribution < 1.29 is 19.1 Å². The van der Waals surface area contributed by atoms with Crippen LogP contribution in [0.4, 0.5) is 0 Å². The highest BCUT2D eigenvalue weighted by atomic mass is 16.5. The van der Waals surface area contributed by atoms with Crippen LogP contribution in [0.15, 0.2) is 0 Å². The molecular weight excluding hydrogens is 234 g/mol. The number of nitrogens with one attached hydrogen (secondary N) is 1. The lowest BCUT2D eigenvalue weighted by Crippen LogP contribution is -2.32. The van der Waals surface area contributed by atoms with Gasteiger partial charge in [0.15, 0.2) is 0 Å². The fourth-order valence-corrected chi connectivity index (χ4v) is 2.03. The van der Waals surface area contributed by atoms with Gasteiger partial charge in [-0.15, -0.1) is 6.42 Å². The van der Waals surface area contributed by atoms with Crippen LogP contribution in [0.5, 0.6) is 0 Å². The Hall–Kier alpha value is -1.54. The quantitative estimate of drug-likeness (QED) is 0.572. The first-order chi connectivity index (χ1) is 8.67. The van der Waals surface area contributed by atoms with E-state index in [2.05, 4.69) is 11.2 Å². The van der Waals surface area contributed by atoms with Gasteiger partial charge in [-0.25, -0.2) is 0 Å². The largest absolute Gasteiger partial charge is 0.469 e. The SMILES string of the molecule is C#CCNC(=O)COC1CCC(C(=O)OC)CC1. The smallest absolute Gasteiger partial charge is 0.308 e. The molecule has 0 spiro atoms. The van der Waals surface area contributed by atoms with Gasteiger partial charge in [-0.3, -0.25) is 9.59 Å². The van der Waals surface area contributed by atoms with Crippen LogP contribution in [0.1, 0.15) is 25.7 Å². The summed E-state index contributed by atoms with van der Waals surface area (Å²) in [6, 6.07) is 0. The summed E-state index contributed by atoms with van der Waals surface area (Å²) in [5, 5.41) is 2.53. The molecule has 0 aromatic carbocycles. The summed E-state index contributed by atoms with van der Waals surface area (Å²) in [7, 11) is 1.40. The van der Waals surface area contributed by atoms with Gasteiger partial charge in [0.25, 0.3) is 0 Å². The molecule has 1 rings (SSSR count). The maximum Gasteiger partial charge on any atom is 0.308 e. The van der Waals surface area contributed by atoms with Gasteiger partial charge in [0.2, 0.25) is 5.91 Å². The highest BCUT2D eigenvalue weighted by molar-refractivity contribution is 5.77. The highest BCUT2D eigenvalue weighted by Crippen LogP contribution is 2.26. The number of amides is 1. The molecule has 0 aliphatic heterocycles. The Morgan fingerprint density at radius 2 is 2.00 bits per heavy atom. The summed E-state index contributed by atoms with van der Waals surface area (Å²) in [5.41, 5.74) is 0. The minimum atomic E-state index is -0.206. The van der Waals surface area contributed by atoms with Gasteiger partial charge in [0.05, 0.1) is 25.7 Å². The van der Waals surface area contributed by atoms with Crippen LogP contribution in [0.3, 0.4) is 0 Å². The summed E-state index contributed by atoms with van der Waals surface area (Å²) in [4.78, 5) is 22.6. The molecule has 5 heteroatoms. The van der Waals surface area contributed by atoms with E-state index in [-0.39, 0.29) is 37.0 Å². The predicted molar refractivity (Wildman–Crippen MR) is 65.6 cm³/mol. The molecule has 1 aliphatic rings. The van der Waals surface area contributed by atoms with Gasteiger partial charge >= 0.3 is 5.97 Å². The van der Waals surface area contributed by atoms with E-state index < -0.39 is 0 Å². The van der Waals surface area contributed by atoms with E-state index in [0.29, 0.717) is 0 Å². The number of carbonyl (C=O) groups is 2. The first-order valence-corrected chi connectivity index (χ1v) is 6.07. The second kappa shape index (κ2) is 7.72. The van der Waals surface area contributed by atoms with Gasteiger partial charge in [-0.05, 0) is 25.7 Å². The van der Waals surface area contributed by atoms with Crippen molar-refractivity contribution in [3.63, 3.8) is 0 Å². The molecule has 1 fully saturated rings. The van der Waals surface area contributed by atoms with Crippen molar-refractivity contribution in [1.29, 1.82) is 0 Å². The van der Waals surface area contributed by atoms with Gasteiger partial charge in [-0.2, -0.15) is 0 Å². The fourth-order valence-electron chi connectivity index (χ4n) is 2.03. The normalized spacial score (nSPS) is 22.9. The van der Waals surface area contributed by atoms with Crippen molar-refractivity contribution in [2.24, 2.45) is 5.92 Å². The van der Waals surface area contributed by atoms with Gasteiger partial charge in [0.1, 0.15) is 6.61 Å². The van der Waals surface area contributed by atoms with Crippen LogP contribution < -0.4 is 5.32 Å². The van der Waals surface area contributed by atoms with Crippen molar-refractivity contribution in [3.05, 3.63) is 0 Å². The molecule has 0 aromatic heterocycles. The number of carbonyl (C=O) groups excluding carboxylic acids is 2. The Kier molecular flexibility index (Phi) is 6.23. The van der Waals surface area contributed by atoms with Crippen LogP contribution in [0.25, 0.3) is 0 Å². The van der Waals surface area contributed by atoms with Crippen molar-refractivity contribution in [2.75, 3.05) is 20.3 Å². The van der Waals surface area contributed by atoms with Crippen LogP contribution in [-0.4, -0.2) is 38.2 Å². The molecule has 0 heterocycles. The minimum absolute atomic E-state index is 0.0230. The molecule has 1 aliphatic carbocycles. The zero-order chi connectivity index (χ0) is 13.4. The van der Waals surface area contributed by atoms with Crippen LogP contribution in [0.2, 0.25) is 0 Å². The topological polar surface area (TPSA) is 64.6 Å². The minimum Gasteiger partial charge on any atom is -0.469 e. The number of esters is 1. The Bertz CT molecular complexity index is 326. The maximum absolute atomic E-state index is 11.3. The first kappa shape index (κ1) is 14.5. The second-order valence-corrected chi connectivity index (χ2v) is 4.29. The van der Waals surface area contributed by atoms with Crippen molar-refractivity contribution in [1.82, 2.24) is 5.32 Å². The van der Waals surface area contributed by atoms with Gasteiger partial charge in [-0.1, -0.05) is 5.92 Å². The molecule has 1 N–H and O–H groups in total. The molecule has 0 aromatic rings. The van der Waals surface area contributed by atoms with Crippen molar-refractivity contribution in [2.45, 2.75) is 31.8 Å². The third-order valence-electron chi connectivity index (χ3n) is 3.05. The Balaban J connectivity index is 2.18. The predicted octanol–water partition coefficient (Wildman–Crippen LogP) is 0.484. The average Bonchev–Trinajstić information content (AvgIpc) is 2.42. The number of methoxy groups -OCH3 is 1. The lowest BCUT2D eigenvalue weighted by atomic mass is 9.87. The van der Waals surface area contributed by atoms with Crippen molar-refractivity contribution in [3.8, 4) is 12.3 Å². The van der Waals surface area contributed by atoms with E-state index in [9.17, 15) is 9.59 Å². The lowest BCUT2D eigenvalue weighted by molar-refractivity contribution is -0.148. The van der Waals surface area contributed by atoms with E-state index in [0.717, 1.165) is 25.7 Å². The van der Waals surface area contributed by atoms with Gasteiger partial charge < -0.3 is 14.8 Å². The molecule has 18 heavy (non-hydrogen) atoms. The summed E-state index contributed by atoms with van der Waals surface area (Å²) in [6.07, 6.45) is 8.13. The average molecular weight is 253 g/mol. The number of ether oxygens (including phenoxy) is 2. The van der Waals surface area contributed by atoms with Crippen LogP contribution in [0, 0.1) is 18.3 Å². The number of terminal acetylenes is 1. The molecule has 1 saturated carbocycles. The van der Waals surface area contributed by atoms with Crippen LogP contribution in [-0.2, 0) is 19.1 Å². The third kappa shape index (κ3) is 4.76. The summed E-state index contributed by atoms with van der Waals surface area (Å²) >= 11 is 0. The van der Waals surface area contributed by atoms with E-state index in [4.69, 9.17) is 15.9 Å². The fraction of sp³-hybridized carbons (Fsp3) is 0.692. The molecule has 0 radical (unpaired) electrons. The zero-order valence-electron chi connectivity index (χ0n) is 10.6. The van der Waals surface area contributed by atoms with Crippen molar-refractivity contribution >= 4 is 11.9 Å². The maximum atomic E-state index is 11.3. The molecular formula is C13H19NO4. The summed E-state index contributed by atoms with van der Waals surface area (Å²) < 4.78 is 10.2. The van der Waals surface area contributed by atoms with Crippen LogP contribution >= 0.6 is 0 Å². The Morgan fingerprint density at radius 1 is 1.33 bits per heavy atom. The molecule has 0 atom stereocenters. The number of hydrogen-bond donors (Lipinski definition) is 1. The van der Waals surface area contributed by atoms with E-state index in [1.54, 1.807) is 0 Å². The molecule has 0 saturated heterocycles. The highest BCUT2D eigenvalue weighted by Gasteiger charge is 2.27. The Labute approximate surface area is 107 Å². The zero-order valence-corrected chi connectivity index (χ0v) is 10.6. The molecule has 100 valence electrons. The second-order valence-electron chi connectivity index (χ2n) is 4.29. The molecule has 5 nitrogen and oxygen atoms in total. The summed E-state index contributed by atoms with van der Waals surface area (Å²) in [6.45, 7) is 0.243. The number of hydrogen-bond acceptors (Lipinski definition) is 4. The molecule has 1 amide bonds.